The van der Waals surface area contributed by atoms with E-state index in [0.29, 0.717) is 17.0 Å². The Morgan fingerprint density at radius 2 is 1.61 bits per heavy atom. The number of aryl methyl sites for hydroxylation is 1. The minimum absolute atomic E-state index is 0.0377. The first kappa shape index (κ1) is 15.6. The molecular formula is C17H12ClF3N2. The molecule has 0 amide bonds. The summed E-state index contributed by atoms with van der Waals surface area (Å²) in [5, 5.41) is -0.0377. The maximum absolute atomic E-state index is 13.7. The minimum atomic E-state index is -0.949. The molecule has 0 bridgehead atoms. The van der Waals surface area contributed by atoms with Crippen molar-refractivity contribution in [1.82, 2.24) is 9.55 Å². The SMILES string of the molecule is Cn1ccnc1C(c1ccc(F)c(F)c1)c1ccc(F)c(Cl)c1. The lowest BCUT2D eigenvalue weighted by Gasteiger charge is -2.18. The first-order valence-corrected chi connectivity index (χ1v) is 7.22. The summed E-state index contributed by atoms with van der Waals surface area (Å²) in [6, 6.07) is 7.93. The Morgan fingerprint density at radius 1 is 0.957 bits per heavy atom. The second-order valence-electron chi connectivity index (χ2n) is 5.18. The van der Waals surface area contributed by atoms with Gasteiger partial charge in [-0.1, -0.05) is 23.7 Å². The predicted octanol–water partition coefficient (Wildman–Crippen LogP) is 4.67. The van der Waals surface area contributed by atoms with Crippen molar-refractivity contribution >= 4 is 11.6 Å². The lowest BCUT2D eigenvalue weighted by atomic mass is 9.90. The second-order valence-corrected chi connectivity index (χ2v) is 5.58. The second kappa shape index (κ2) is 6.08. The van der Waals surface area contributed by atoms with Crippen LogP contribution in [0.25, 0.3) is 0 Å². The number of benzene rings is 2. The molecule has 0 aliphatic carbocycles. The molecule has 0 saturated heterocycles. The Labute approximate surface area is 136 Å². The quantitative estimate of drug-likeness (QED) is 0.679. The number of hydrogen-bond acceptors (Lipinski definition) is 1. The average Bonchev–Trinajstić information content (AvgIpc) is 2.93. The topological polar surface area (TPSA) is 17.8 Å². The maximum atomic E-state index is 13.7. The van der Waals surface area contributed by atoms with E-state index >= 15 is 0 Å². The monoisotopic (exact) mass is 336 g/mol. The fourth-order valence-electron chi connectivity index (χ4n) is 2.53. The third-order valence-corrected chi connectivity index (χ3v) is 3.96. The van der Waals surface area contributed by atoms with Crippen LogP contribution in [-0.4, -0.2) is 9.55 Å². The molecule has 1 heterocycles. The fraction of sp³-hybridized carbons (Fsp3) is 0.118. The van der Waals surface area contributed by atoms with Crippen LogP contribution in [-0.2, 0) is 7.05 Å². The van der Waals surface area contributed by atoms with Gasteiger partial charge in [-0.05, 0) is 35.4 Å². The number of hydrogen-bond donors (Lipinski definition) is 0. The first-order valence-electron chi connectivity index (χ1n) is 6.84. The van der Waals surface area contributed by atoms with Crippen LogP contribution in [0.2, 0.25) is 5.02 Å². The van der Waals surface area contributed by atoms with E-state index in [2.05, 4.69) is 4.98 Å². The van der Waals surface area contributed by atoms with E-state index in [4.69, 9.17) is 11.6 Å². The summed E-state index contributed by atoms with van der Waals surface area (Å²) < 4.78 is 42.1. The van der Waals surface area contributed by atoms with Crippen molar-refractivity contribution in [3.8, 4) is 0 Å². The molecule has 0 radical (unpaired) electrons. The summed E-state index contributed by atoms with van der Waals surface area (Å²) in [7, 11) is 1.79. The van der Waals surface area contributed by atoms with Crippen molar-refractivity contribution in [1.29, 1.82) is 0 Å². The van der Waals surface area contributed by atoms with Gasteiger partial charge in [0.15, 0.2) is 11.6 Å². The average molecular weight is 337 g/mol. The Balaban J connectivity index is 2.19. The third kappa shape index (κ3) is 2.97. The van der Waals surface area contributed by atoms with Gasteiger partial charge in [-0.2, -0.15) is 0 Å². The predicted molar refractivity (Wildman–Crippen MR) is 81.9 cm³/mol. The highest BCUT2D eigenvalue weighted by Crippen LogP contribution is 2.33. The van der Waals surface area contributed by atoms with E-state index < -0.39 is 23.4 Å². The molecule has 3 aromatic rings. The highest BCUT2D eigenvalue weighted by Gasteiger charge is 2.22. The third-order valence-electron chi connectivity index (χ3n) is 3.67. The van der Waals surface area contributed by atoms with Crippen LogP contribution in [0, 0.1) is 17.5 Å². The normalized spacial score (nSPS) is 12.4. The van der Waals surface area contributed by atoms with E-state index in [9.17, 15) is 13.2 Å². The van der Waals surface area contributed by atoms with Gasteiger partial charge in [0.2, 0.25) is 0 Å². The zero-order chi connectivity index (χ0) is 16.6. The van der Waals surface area contributed by atoms with Gasteiger partial charge in [0.05, 0.1) is 10.9 Å². The van der Waals surface area contributed by atoms with Crippen LogP contribution < -0.4 is 0 Å². The maximum Gasteiger partial charge on any atom is 0.159 e. The number of imidazole rings is 1. The van der Waals surface area contributed by atoms with Gasteiger partial charge in [0.25, 0.3) is 0 Å². The molecule has 2 nitrogen and oxygen atoms in total. The summed E-state index contributed by atoms with van der Waals surface area (Å²) >= 11 is 5.87. The van der Waals surface area contributed by atoms with Crippen LogP contribution in [0.15, 0.2) is 48.8 Å². The first-order chi connectivity index (χ1) is 11.0. The molecule has 1 atom stereocenters. The van der Waals surface area contributed by atoms with E-state index in [1.807, 2.05) is 0 Å². The molecule has 0 aliphatic rings. The van der Waals surface area contributed by atoms with Crippen LogP contribution >= 0.6 is 11.6 Å². The Bertz CT molecular complexity index is 809. The summed E-state index contributed by atoms with van der Waals surface area (Å²) in [4.78, 5) is 4.28. The Morgan fingerprint density at radius 3 is 2.17 bits per heavy atom. The van der Waals surface area contributed by atoms with Gasteiger partial charge in [0, 0.05) is 19.4 Å². The van der Waals surface area contributed by atoms with E-state index in [0.717, 1.165) is 12.1 Å². The molecule has 1 aromatic heterocycles. The standard InChI is InChI=1S/C17H12ClF3N2/c1-23-7-6-22-17(23)16(10-2-4-13(19)12(18)8-10)11-3-5-14(20)15(21)9-11/h2-9,16H,1H3. The van der Waals surface area contributed by atoms with E-state index in [1.165, 1.54) is 18.2 Å². The highest BCUT2D eigenvalue weighted by molar-refractivity contribution is 6.30. The van der Waals surface area contributed by atoms with Crippen molar-refractivity contribution in [2.75, 3.05) is 0 Å². The van der Waals surface area contributed by atoms with Crippen LogP contribution in [0.5, 0.6) is 0 Å². The van der Waals surface area contributed by atoms with Gasteiger partial charge >= 0.3 is 0 Å². The van der Waals surface area contributed by atoms with Crippen molar-refractivity contribution in [3.05, 3.63) is 88.2 Å². The molecule has 0 spiro atoms. The molecule has 0 N–H and O–H groups in total. The van der Waals surface area contributed by atoms with E-state index in [-0.39, 0.29) is 5.02 Å². The zero-order valence-corrected chi connectivity index (χ0v) is 12.9. The van der Waals surface area contributed by atoms with Gasteiger partial charge in [0.1, 0.15) is 11.6 Å². The summed E-state index contributed by atoms with van der Waals surface area (Å²) in [6.07, 6.45) is 3.35. The molecule has 6 heteroatoms. The minimum Gasteiger partial charge on any atom is -0.337 e. The van der Waals surface area contributed by atoms with Gasteiger partial charge in [-0.3, -0.25) is 0 Å². The van der Waals surface area contributed by atoms with Crippen molar-refractivity contribution in [2.24, 2.45) is 7.05 Å². The number of rotatable bonds is 3. The van der Waals surface area contributed by atoms with Crippen molar-refractivity contribution in [3.63, 3.8) is 0 Å². The zero-order valence-electron chi connectivity index (χ0n) is 12.1. The smallest absolute Gasteiger partial charge is 0.159 e. The number of nitrogens with zero attached hydrogens (tertiary/aromatic N) is 2. The van der Waals surface area contributed by atoms with Gasteiger partial charge in [-0.15, -0.1) is 0 Å². The molecule has 0 aliphatic heterocycles. The van der Waals surface area contributed by atoms with Gasteiger partial charge in [-0.25, -0.2) is 18.2 Å². The molecule has 0 fully saturated rings. The van der Waals surface area contributed by atoms with Crippen LogP contribution in [0.4, 0.5) is 13.2 Å². The van der Waals surface area contributed by atoms with E-state index in [1.54, 1.807) is 30.1 Å². The van der Waals surface area contributed by atoms with Crippen LogP contribution in [0.3, 0.4) is 0 Å². The van der Waals surface area contributed by atoms with Gasteiger partial charge < -0.3 is 4.57 Å². The summed E-state index contributed by atoms with van der Waals surface area (Å²) in [5.41, 5.74) is 1.14. The number of aromatic nitrogens is 2. The molecule has 3 rings (SSSR count). The van der Waals surface area contributed by atoms with Crippen molar-refractivity contribution < 1.29 is 13.2 Å². The Hall–Kier alpha value is -2.27. The molecule has 2 aromatic carbocycles. The lowest BCUT2D eigenvalue weighted by molar-refractivity contribution is 0.506. The fourth-order valence-corrected chi connectivity index (χ4v) is 2.72. The molecule has 118 valence electrons. The Kier molecular flexibility index (Phi) is 4.13. The molecule has 23 heavy (non-hydrogen) atoms. The lowest BCUT2D eigenvalue weighted by Crippen LogP contribution is -2.10. The largest absolute Gasteiger partial charge is 0.337 e. The van der Waals surface area contributed by atoms with Crippen LogP contribution in [0.1, 0.15) is 22.9 Å². The summed E-state index contributed by atoms with van der Waals surface area (Å²) in [6.45, 7) is 0. The molecular weight excluding hydrogens is 325 g/mol. The highest BCUT2D eigenvalue weighted by atomic mass is 35.5. The summed E-state index contributed by atoms with van der Waals surface area (Å²) in [5.74, 6) is -2.31. The molecule has 1 unspecified atom stereocenters. The van der Waals surface area contributed by atoms with Crippen molar-refractivity contribution in [2.45, 2.75) is 5.92 Å². The molecule has 0 saturated carbocycles. The number of halogens is 4.